The lowest BCUT2D eigenvalue weighted by Gasteiger charge is -2.29. The fourth-order valence-corrected chi connectivity index (χ4v) is 5.99. The number of piperidine rings is 1. The van der Waals surface area contributed by atoms with Gasteiger partial charge in [-0.15, -0.1) is 0 Å². The van der Waals surface area contributed by atoms with E-state index in [9.17, 15) is 22.8 Å². The summed E-state index contributed by atoms with van der Waals surface area (Å²) >= 11 is 0. The largest absolute Gasteiger partial charge is 0.322 e. The van der Waals surface area contributed by atoms with Gasteiger partial charge in [0.2, 0.25) is 11.8 Å². The topological polar surface area (TPSA) is 125 Å². The number of benzene rings is 1. The minimum absolute atomic E-state index is 0.175. The molecule has 1 aromatic carbocycles. The molecule has 0 radical (unpaired) electrons. The molecule has 3 aliphatic heterocycles. The van der Waals surface area contributed by atoms with Crippen LogP contribution in [0, 0.1) is 0 Å². The van der Waals surface area contributed by atoms with Crippen LogP contribution in [0.3, 0.4) is 0 Å². The van der Waals surface area contributed by atoms with Gasteiger partial charge in [0, 0.05) is 38.2 Å². The summed E-state index contributed by atoms with van der Waals surface area (Å²) in [6.45, 7) is 2.30. The number of fused-ring (bicyclic) bond motifs is 1. The highest BCUT2D eigenvalue weighted by atomic mass is 32.2. The fourth-order valence-electron chi connectivity index (χ4n) is 4.38. The van der Waals surface area contributed by atoms with Gasteiger partial charge < -0.3 is 15.5 Å². The van der Waals surface area contributed by atoms with Crippen molar-refractivity contribution in [2.45, 2.75) is 43.6 Å². The Kier molecular flexibility index (Phi) is 5.90. The highest BCUT2D eigenvalue weighted by molar-refractivity contribution is 7.92. The second kappa shape index (κ2) is 8.44. The van der Waals surface area contributed by atoms with Crippen LogP contribution in [0.25, 0.3) is 0 Å². The highest BCUT2D eigenvalue weighted by Gasteiger charge is 2.39. The van der Waals surface area contributed by atoms with Crippen LogP contribution in [0.5, 0.6) is 0 Å². The molecular formula is C20H26N4O5S. The van der Waals surface area contributed by atoms with Crippen molar-refractivity contribution < 1.29 is 22.8 Å². The number of nitrogens with one attached hydrogen (secondary N) is 3. The van der Waals surface area contributed by atoms with Gasteiger partial charge in [0.1, 0.15) is 6.04 Å². The van der Waals surface area contributed by atoms with Crippen LogP contribution in [0.2, 0.25) is 0 Å². The minimum atomic E-state index is -3.04. The van der Waals surface area contributed by atoms with Crippen LogP contribution in [-0.2, 0) is 32.5 Å². The second-order valence-electron chi connectivity index (χ2n) is 8.01. The molecule has 2 atom stereocenters. The first-order valence-corrected chi connectivity index (χ1v) is 12.0. The summed E-state index contributed by atoms with van der Waals surface area (Å²) in [5.41, 5.74) is 2.29. The third-order valence-electron chi connectivity index (χ3n) is 6.04. The Labute approximate surface area is 175 Å². The molecule has 2 unspecified atom stereocenters. The molecule has 162 valence electrons. The molecular weight excluding hydrogens is 408 g/mol. The first kappa shape index (κ1) is 21.0. The summed E-state index contributed by atoms with van der Waals surface area (Å²) in [7, 11) is -3.04. The summed E-state index contributed by atoms with van der Waals surface area (Å²) in [5.74, 6) is -0.750. The molecule has 0 aromatic heterocycles. The minimum Gasteiger partial charge on any atom is -0.322 e. The molecule has 3 heterocycles. The van der Waals surface area contributed by atoms with E-state index in [-0.39, 0.29) is 29.2 Å². The van der Waals surface area contributed by atoms with E-state index in [0.717, 1.165) is 11.1 Å². The van der Waals surface area contributed by atoms with Crippen molar-refractivity contribution in [3.05, 3.63) is 34.9 Å². The van der Waals surface area contributed by atoms with Crippen molar-refractivity contribution in [1.29, 1.82) is 0 Å². The van der Waals surface area contributed by atoms with E-state index >= 15 is 0 Å². The zero-order valence-electron chi connectivity index (χ0n) is 16.6. The Bertz CT molecular complexity index is 977. The number of nitrogens with zero attached hydrogens (tertiary/aromatic N) is 1. The Hall–Kier alpha value is -2.30. The molecule has 2 saturated heterocycles. The number of sulfone groups is 1. The van der Waals surface area contributed by atoms with E-state index in [0.29, 0.717) is 51.1 Å². The highest BCUT2D eigenvalue weighted by Crippen LogP contribution is 2.29. The number of carbonyl (C=O) groups is 3. The van der Waals surface area contributed by atoms with E-state index in [1.165, 1.54) is 4.90 Å². The number of hydrogen-bond donors (Lipinski definition) is 3. The quantitative estimate of drug-likeness (QED) is 0.400. The number of rotatable bonds is 6. The monoisotopic (exact) mass is 434 g/mol. The lowest BCUT2D eigenvalue weighted by molar-refractivity contribution is -0.136. The zero-order chi connectivity index (χ0) is 21.3. The average molecular weight is 435 g/mol. The smallest absolute Gasteiger partial charge is 0.255 e. The third-order valence-corrected chi connectivity index (χ3v) is 8.23. The Morgan fingerprint density at radius 3 is 2.80 bits per heavy atom. The van der Waals surface area contributed by atoms with E-state index < -0.39 is 21.8 Å². The maximum atomic E-state index is 13.1. The molecule has 2 fully saturated rings. The van der Waals surface area contributed by atoms with Gasteiger partial charge in [0.15, 0.2) is 9.84 Å². The number of carbonyl (C=O) groups excluding carboxylic acids is 3. The average Bonchev–Trinajstić information content (AvgIpc) is 3.03. The van der Waals surface area contributed by atoms with Gasteiger partial charge in [-0.25, -0.2) is 8.42 Å². The van der Waals surface area contributed by atoms with Crippen LogP contribution in [-0.4, -0.2) is 67.7 Å². The summed E-state index contributed by atoms with van der Waals surface area (Å²) in [5, 5.41) is 8.30. The van der Waals surface area contributed by atoms with E-state index in [1.54, 1.807) is 0 Å². The van der Waals surface area contributed by atoms with Gasteiger partial charge in [-0.05, 0) is 30.5 Å². The number of imide groups is 1. The lowest BCUT2D eigenvalue weighted by Crippen LogP contribution is -2.52. The molecule has 3 amide bonds. The molecule has 0 saturated carbocycles. The predicted octanol–water partition coefficient (Wildman–Crippen LogP) is -0.686. The van der Waals surface area contributed by atoms with Crippen LogP contribution in [0.1, 0.15) is 40.7 Å². The van der Waals surface area contributed by atoms with Gasteiger partial charge in [-0.2, -0.15) is 0 Å². The van der Waals surface area contributed by atoms with E-state index in [2.05, 4.69) is 16.0 Å². The molecule has 4 rings (SSSR count). The Morgan fingerprint density at radius 2 is 2.03 bits per heavy atom. The molecule has 30 heavy (non-hydrogen) atoms. The Morgan fingerprint density at radius 1 is 1.20 bits per heavy atom. The maximum Gasteiger partial charge on any atom is 0.255 e. The molecule has 3 N–H and O–H groups in total. The molecule has 0 bridgehead atoms. The van der Waals surface area contributed by atoms with E-state index in [4.69, 9.17) is 0 Å². The summed E-state index contributed by atoms with van der Waals surface area (Å²) in [6, 6.07) is 5.00. The second-order valence-corrected chi connectivity index (χ2v) is 10.4. The fraction of sp³-hybridized carbons (Fsp3) is 0.550. The van der Waals surface area contributed by atoms with Gasteiger partial charge in [0.25, 0.3) is 5.91 Å². The van der Waals surface area contributed by atoms with Crippen molar-refractivity contribution in [1.82, 2.24) is 20.9 Å². The van der Waals surface area contributed by atoms with Crippen molar-refractivity contribution >= 4 is 27.6 Å². The van der Waals surface area contributed by atoms with Crippen molar-refractivity contribution in [3.8, 4) is 0 Å². The van der Waals surface area contributed by atoms with Crippen LogP contribution < -0.4 is 16.0 Å². The predicted molar refractivity (Wildman–Crippen MR) is 109 cm³/mol. The van der Waals surface area contributed by atoms with Gasteiger partial charge in [-0.1, -0.05) is 18.2 Å². The molecule has 10 heteroatoms. The van der Waals surface area contributed by atoms with Crippen LogP contribution >= 0.6 is 0 Å². The molecule has 3 aliphatic rings. The van der Waals surface area contributed by atoms with Crippen molar-refractivity contribution in [3.63, 3.8) is 0 Å². The van der Waals surface area contributed by atoms with E-state index in [1.807, 2.05) is 18.2 Å². The van der Waals surface area contributed by atoms with Crippen LogP contribution in [0.4, 0.5) is 0 Å². The van der Waals surface area contributed by atoms with Crippen molar-refractivity contribution in [2.75, 3.05) is 25.4 Å². The maximum absolute atomic E-state index is 13.1. The molecule has 1 aromatic rings. The van der Waals surface area contributed by atoms with Gasteiger partial charge in [0.05, 0.1) is 11.0 Å². The molecule has 0 aliphatic carbocycles. The third kappa shape index (κ3) is 4.12. The van der Waals surface area contributed by atoms with Gasteiger partial charge in [-0.3, -0.25) is 19.7 Å². The normalized spacial score (nSPS) is 25.9. The van der Waals surface area contributed by atoms with Crippen LogP contribution in [0.15, 0.2) is 18.2 Å². The molecule has 0 spiro atoms. The Balaban J connectivity index is 1.38. The molecule has 9 nitrogen and oxygen atoms in total. The number of hydrogen-bond acceptors (Lipinski definition) is 7. The summed E-state index contributed by atoms with van der Waals surface area (Å²) in [6.07, 6.45) is 1.08. The first-order valence-electron chi connectivity index (χ1n) is 10.3. The standard InChI is InChI=1S/C20H26N4O5S/c25-17-5-4-16(19(26)23-17)24-12-14-3-1-2-13(18(14)20(24)27)10-21-7-6-15-11-22-8-9-30(15,28)29/h1-3,15-16,21-22H,4-12H2,(H,23,25,26). The van der Waals surface area contributed by atoms with Crippen molar-refractivity contribution in [2.24, 2.45) is 0 Å². The SMILES string of the molecule is O=C1CCC(N2Cc3cccc(CNCCC4CNCCS4(=O)=O)c3C2=O)C(=O)N1. The summed E-state index contributed by atoms with van der Waals surface area (Å²) < 4.78 is 24.2. The number of amides is 3. The zero-order valence-corrected chi connectivity index (χ0v) is 17.5. The summed E-state index contributed by atoms with van der Waals surface area (Å²) in [4.78, 5) is 38.2. The first-order chi connectivity index (χ1) is 14.4. The van der Waals surface area contributed by atoms with Gasteiger partial charge >= 0.3 is 0 Å². The lowest BCUT2D eigenvalue weighted by atomic mass is 10.0.